The van der Waals surface area contributed by atoms with Crippen molar-refractivity contribution in [2.45, 2.75) is 6.42 Å². The number of pyridine rings is 1. The number of hydrogen-bond acceptors (Lipinski definition) is 4. The van der Waals surface area contributed by atoms with E-state index in [1.54, 1.807) is 29.4 Å². The van der Waals surface area contributed by atoms with Gasteiger partial charge in [-0.2, -0.15) is 0 Å². The molecule has 0 aliphatic carbocycles. The number of hydrogen-bond donors (Lipinski definition) is 0. The highest BCUT2D eigenvalue weighted by atomic mass is 35.5. The second-order valence-electron chi connectivity index (χ2n) is 5.51. The lowest BCUT2D eigenvalue weighted by atomic mass is 10.1. The lowest BCUT2D eigenvalue weighted by Gasteiger charge is -2.16. The Morgan fingerprint density at radius 2 is 2.08 bits per heavy atom. The highest BCUT2D eigenvalue weighted by Gasteiger charge is 2.26. The Labute approximate surface area is 144 Å². The van der Waals surface area contributed by atoms with Crippen LogP contribution in [0.15, 0.2) is 55.1 Å². The van der Waals surface area contributed by atoms with Crippen LogP contribution in [-0.2, 0) is 6.42 Å². The quantitative estimate of drug-likeness (QED) is 0.719. The molecule has 0 saturated carbocycles. The summed E-state index contributed by atoms with van der Waals surface area (Å²) < 4.78 is 0. The first kappa shape index (κ1) is 14.8. The number of anilines is 1. The molecule has 1 aliphatic rings. The fourth-order valence-corrected chi connectivity index (χ4v) is 3.05. The summed E-state index contributed by atoms with van der Waals surface area (Å²) in [6.07, 6.45) is 5.72. The van der Waals surface area contributed by atoms with Gasteiger partial charge in [-0.1, -0.05) is 23.7 Å². The summed E-state index contributed by atoms with van der Waals surface area (Å²) in [6.45, 7) is 0.635. The average molecular weight is 337 g/mol. The van der Waals surface area contributed by atoms with Gasteiger partial charge in [0.25, 0.3) is 5.91 Å². The van der Waals surface area contributed by atoms with E-state index in [0.717, 1.165) is 23.2 Å². The highest BCUT2D eigenvalue weighted by Crippen LogP contribution is 2.28. The van der Waals surface area contributed by atoms with Crippen LogP contribution >= 0.6 is 11.6 Å². The third kappa shape index (κ3) is 2.63. The molecule has 3 aromatic rings. The lowest BCUT2D eigenvalue weighted by Crippen LogP contribution is -2.29. The summed E-state index contributed by atoms with van der Waals surface area (Å²) in [6, 6.07) is 10.9. The van der Waals surface area contributed by atoms with Gasteiger partial charge in [0.2, 0.25) is 0 Å². The van der Waals surface area contributed by atoms with Gasteiger partial charge in [0, 0.05) is 29.5 Å². The molecule has 0 N–H and O–H groups in total. The lowest BCUT2D eigenvalue weighted by molar-refractivity contribution is 0.0984. The van der Waals surface area contributed by atoms with Gasteiger partial charge < -0.3 is 4.90 Å². The number of halogens is 1. The monoisotopic (exact) mass is 336 g/mol. The van der Waals surface area contributed by atoms with Crippen molar-refractivity contribution in [3.05, 3.63) is 71.4 Å². The number of carbonyl (C=O) groups is 1. The van der Waals surface area contributed by atoms with E-state index in [-0.39, 0.29) is 5.91 Å². The van der Waals surface area contributed by atoms with E-state index in [9.17, 15) is 4.79 Å². The molecule has 5 nitrogen and oxygen atoms in total. The van der Waals surface area contributed by atoms with E-state index in [4.69, 9.17) is 11.6 Å². The summed E-state index contributed by atoms with van der Waals surface area (Å²) >= 11 is 6.03. The zero-order valence-electron chi connectivity index (χ0n) is 12.7. The van der Waals surface area contributed by atoms with Gasteiger partial charge in [-0.15, -0.1) is 0 Å². The largest absolute Gasteiger partial charge is 0.306 e. The van der Waals surface area contributed by atoms with Crippen molar-refractivity contribution in [2.75, 3.05) is 11.4 Å². The molecule has 0 radical (unpaired) electrons. The molecular weight excluding hydrogens is 324 g/mol. The molecule has 1 aromatic carbocycles. The predicted octanol–water partition coefficient (Wildman–Crippen LogP) is 3.39. The maximum atomic E-state index is 12.8. The molecule has 4 rings (SSSR count). The van der Waals surface area contributed by atoms with Crippen LogP contribution in [0.2, 0.25) is 5.02 Å². The van der Waals surface area contributed by atoms with Crippen LogP contribution < -0.4 is 4.90 Å². The van der Waals surface area contributed by atoms with Gasteiger partial charge >= 0.3 is 0 Å². The summed E-state index contributed by atoms with van der Waals surface area (Å²) in [4.78, 5) is 27.1. The molecule has 118 valence electrons. The second-order valence-corrected chi connectivity index (χ2v) is 5.95. The standard InChI is InChI=1S/C18H13ClN4O/c19-14-3-1-2-12(8-14)15-9-16(22-11-21-15)18(24)23-7-5-13-10-20-6-4-17(13)23/h1-4,6,8-11H,5,7H2. The Morgan fingerprint density at radius 3 is 2.96 bits per heavy atom. The number of benzene rings is 1. The van der Waals surface area contributed by atoms with Gasteiger partial charge in [0.1, 0.15) is 12.0 Å². The maximum absolute atomic E-state index is 12.8. The minimum absolute atomic E-state index is 0.134. The number of rotatable bonds is 2. The first-order chi connectivity index (χ1) is 11.7. The van der Waals surface area contributed by atoms with E-state index in [1.807, 2.05) is 24.3 Å². The van der Waals surface area contributed by atoms with E-state index in [0.29, 0.717) is 23.0 Å². The van der Waals surface area contributed by atoms with Gasteiger partial charge in [-0.3, -0.25) is 9.78 Å². The van der Waals surface area contributed by atoms with Crippen molar-refractivity contribution in [2.24, 2.45) is 0 Å². The number of amides is 1. The second kappa shape index (κ2) is 6.02. The molecule has 0 fully saturated rings. The summed E-state index contributed by atoms with van der Waals surface area (Å²) in [5.74, 6) is -0.134. The molecular formula is C18H13ClN4O. The van der Waals surface area contributed by atoms with Crippen LogP contribution in [0.5, 0.6) is 0 Å². The number of nitrogens with zero attached hydrogens (tertiary/aromatic N) is 4. The molecule has 0 unspecified atom stereocenters. The zero-order valence-corrected chi connectivity index (χ0v) is 13.4. The Kier molecular flexibility index (Phi) is 3.70. The zero-order chi connectivity index (χ0) is 16.5. The van der Waals surface area contributed by atoms with Crippen LogP contribution in [0.25, 0.3) is 11.3 Å². The molecule has 1 amide bonds. The fraction of sp³-hybridized carbons (Fsp3) is 0.111. The maximum Gasteiger partial charge on any atom is 0.277 e. The molecule has 0 spiro atoms. The average Bonchev–Trinajstić information content (AvgIpc) is 3.05. The van der Waals surface area contributed by atoms with Crippen LogP contribution in [0, 0.1) is 0 Å². The third-order valence-electron chi connectivity index (χ3n) is 4.03. The van der Waals surface area contributed by atoms with E-state index >= 15 is 0 Å². The van der Waals surface area contributed by atoms with Crippen molar-refractivity contribution in [1.29, 1.82) is 0 Å². The van der Waals surface area contributed by atoms with Gasteiger partial charge in [-0.25, -0.2) is 9.97 Å². The number of carbonyl (C=O) groups excluding carboxylic acids is 1. The van der Waals surface area contributed by atoms with Gasteiger partial charge in [0.05, 0.1) is 11.4 Å². The topological polar surface area (TPSA) is 59.0 Å². The fourth-order valence-electron chi connectivity index (χ4n) is 2.86. The molecule has 6 heteroatoms. The first-order valence-corrected chi connectivity index (χ1v) is 7.93. The molecule has 0 bridgehead atoms. The third-order valence-corrected chi connectivity index (χ3v) is 4.26. The molecule has 3 heterocycles. The van der Waals surface area contributed by atoms with Crippen LogP contribution in [-0.4, -0.2) is 27.4 Å². The summed E-state index contributed by atoms with van der Waals surface area (Å²) in [5, 5.41) is 0.625. The molecule has 2 aromatic heterocycles. The minimum atomic E-state index is -0.134. The van der Waals surface area contributed by atoms with Gasteiger partial charge in [-0.05, 0) is 36.2 Å². The van der Waals surface area contributed by atoms with Crippen molar-refractivity contribution in [3.63, 3.8) is 0 Å². The van der Waals surface area contributed by atoms with E-state index in [2.05, 4.69) is 15.0 Å². The van der Waals surface area contributed by atoms with Crippen molar-refractivity contribution in [1.82, 2.24) is 15.0 Å². The number of fused-ring (bicyclic) bond motifs is 1. The van der Waals surface area contributed by atoms with Crippen LogP contribution in [0.4, 0.5) is 5.69 Å². The Bertz CT molecular complexity index is 928. The van der Waals surface area contributed by atoms with Crippen molar-refractivity contribution >= 4 is 23.2 Å². The number of aromatic nitrogens is 3. The smallest absolute Gasteiger partial charge is 0.277 e. The minimum Gasteiger partial charge on any atom is -0.306 e. The molecule has 24 heavy (non-hydrogen) atoms. The van der Waals surface area contributed by atoms with Crippen LogP contribution in [0.3, 0.4) is 0 Å². The summed E-state index contributed by atoms with van der Waals surface area (Å²) in [7, 11) is 0. The normalized spacial score (nSPS) is 13.0. The summed E-state index contributed by atoms with van der Waals surface area (Å²) in [5.41, 5.74) is 3.87. The Hall–Kier alpha value is -2.79. The van der Waals surface area contributed by atoms with E-state index in [1.165, 1.54) is 6.33 Å². The van der Waals surface area contributed by atoms with Crippen molar-refractivity contribution in [3.8, 4) is 11.3 Å². The SMILES string of the molecule is O=C(c1cc(-c2cccc(Cl)c2)ncn1)N1CCc2cnccc21. The molecule has 1 aliphatic heterocycles. The van der Waals surface area contributed by atoms with Gasteiger partial charge in [0.15, 0.2) is 0 Å². The van der Waals surface area contributed by atoms with Crippen LogP contribution in [0.1, 0.15) is 16.1 Å². The van der Waals surface area contributed by atoms with Crippen molar-refractivity contribution < 1.29 is 4.79 Å². The first-order valence-electron chi connectivity index (χ1n) is 7.55. The Morgan fingerprint density at radius 1 is 1.17 bits per heavy atom. The molecule has 0 saturated heterocycles. The van der Waals surface area contributed by atoms with E-state index < -0.39 is 0 Å². The highest BCUT2D eigenvalue weighted by molar-refractivity contribution is 6.30. The predicted molar refractivity (Wildman–Crippen MR) is 92.1 cm³/mol. The Balaban J connectivity index is 1.68. The molecule has 0 atom stereocenters.